The second-order valence-corrected chi connectivity index (χ2v) is 2.25. The summed E-state index contributed by atoms with van der Waals surface area (Å²) in [4.78, 5) is 11.1. The van der Waals surface area contributed by atoms with Gasteiger partial charge >= 0.3 is 35.5 Å². The predicted molar refractivity (Wildman–Crippen MR) is 54.1 cm³/mol. The molecule has 0 aliphatic rings. The molecule has 1 rings (SSSR count). The summed E-state index contributed by atoms with van der Waals surface area (Å²) in [6.45, 7) is 3.71. The summed E-state index contributed by atoms with van der Waals surface area (Å²) in [5, 5.41) is 0. The standard InChI is InChI=1S/C10H10O2.Na.H/c1-2-8-12-10(11)9-6-4-3-5-7-9;;/h2-7H,1,8H2;;. The third-order valence-corrected chi connectivity index (χ3v) is 1.34. The van der Waals surface area contributed by atoms with E-state index < -0.39 is 0 Å². The number of hydrogen-bond donors (Lipinski definition) is 0. The van der Waals surface area contributed by atoms with E-state index in [1.54, 1.807) is 30.3 Å². The van der Waals surface area contributed by atoms with Gasteiger partial charge in [0.15, 0.2) is 0 Å². The van der Waals surface area contributed by atoms with Crippen molar-refractivity contribution in [1.29, 1.82) is 0 Å². The quantitative estimate of drug-likeness (QED) is 0.405. The van der Waals surface area contributed by atoms with E-state index in [0.717, 1.165) is 0 Å². The number of ether oxygens (including phenoxy) is 1. The fraction of sp³-hybridized carbons (Fsp3) is 0.100. The molecular weight excluding hydrogens is 175 g/mol. The van der Waals surface area contributed by atoms with Crippen molar-refractivity contribution in [2.24, 2.45) is 0 Å². The fourth-order valence-electron chi connectivity index (χ4n) is 0.792. The number of rotatable bonds is 3. The Morgan fingerprint density at radius 2 is 2.00 bits per heavy atom. The Kier molecular flexibility index (Phi) is 6.59. The molecule has 0 bridgehead atoms. The molecule has 0 heterocycles. The molecule has 0 aliphatic heterocycles. The van der Waals surface area contributed by atoms with Crippen molar-refractivity contribution in [3.8, 4) is 0 Å². The van der Waals surface area contributed by atoms with Crippen molar-refractivity contribution >= 4 is 35.5 Å². The van der Waals surface area contributed by atoms with Crippen molar-refractivity contribution < 1.29 is 9.53 Å². The number of carbonyl (C=O) groups excluding carboxylic acids is 1. The average molecular weight is 186 g/mol. The Bertz CT molecular complexity index is 270. The molecule has 0 fully saturated rings. The maximum atomic E-state index is 11.1. The summed E-state index contributed by atoms with van der Waals surface area (Å²) >= 11 is 0. The summed E-state index contributed by atoms with van der Waals surface area (Å²) < 4.78 is 4.82. The van der Waals surface area contributed by atoms with E-state index >= 15 is 0 Å². The molecule has 3 heteroatoms. The fourth-order valence-corrected chi connectivity index (χ4v) is 0.792. The van der Waals surface area contributed by atoms with E-state index in [2.05, 4.69) is 6.58 Å². The first-order valence-electron chi connectivity index (χ1n) is 3.67. The van der Waals surface area contributed by atoms with Gasteiger partial charge in [-0.2, -0.15) is 0 Å². The van der Waals surface area contributed by atoms with Crippen LogP contribution in [0.25, 0.3) is 0 Å². The van der Waals surface area contributed by atoms with Crippen LogP contribution in [0.15, 0.2) is 43.0 Å². The second-order valence-electron chi connectivity index (χ2n) is 2.25. The van der Waals surface area contributed by atoms with Crippen molar-refractivity contribution in [2.75, 3.05) is 6.61 Å². The number of carbonyl (C=O) groups is 1. The molecule has 1 aromatic rings. The van der Waals surface area contributed by atoms with Gasteiger partial charge in [0.1, 0.15) is 6.61 Å². The van der Waals surface area contributed by atoms with Gasteiger partial charge in [-0.1, -0.05) is 30.9 Å². The van der Waals surface area contributed by atoms with E-state index in [1.807, 2.05) is 6.07 Å². The van der Waals surface area contributed by atoms with Gasteiger partial charge in [0.05, 0.1) is 5.56 Å². The molecule has 0 atom stereocenters. The first-order valence-corrected chi connectivity index (χ1v) is 3.67. The molecule has 64 valence electrons. The molecule has 0 saturated carbocycles. The van der Waals surface area contributed by atoms with Crippen molar-refractivity contribution in [3.63, 3.8) is 0 Å². The molecule has 1 aromatic carbocycles. The van der Waals surface area contributed by atoms with Crippen LogP contribution in [-0.2, 0) is 4.74 Å². The van der Waals surface area contributed by atoms with Gasteiger partial charge in [0.2, 0.25) is 0 Å². The van der Waals surface area contributed by atoms with Gasteiger partial charge in [-0.15, -0.1) is 0 Å². The first kappa shape index (κ1) is 12.4. The molecule has 0 aromatic heterocycles. The van der Waals surface area contributed by atoms with Crippen LogP contribution >= 0.6 is 0 Å². The van der Waals surface area contributed by atoms with E-state index in [9.17, 15) is 4.79 Å². The maximum absolute atomic E-state index is 11.1. The zero-order valence-corrected chi connectivity index (χ0v) is 6.69. The van der Waals surface area contributed by atoms with Crippen LogP contribution in [0.5, 0.6) is 0 Å². The third-order valence-electron chi connectivity index (χ3n) is 1.34. The molecule has 2 nitrogen and oxygen atoms in total. The van der Waals surface area contributed by atoms with E-state index in [-0.39, 0.29) is 42.1 Å². The Labute approximate surface area is 99.9 Å². The van der Waals surface area contributed by atoms with Crippen LogP contribution in [0, 0.1) is 0 Å². The Morgan fingerprint density at radius 1 is 1.38 bits per heavy atom. The Morgan fingerprint density at radius 3 is 2.54 bits per heavy atom. The zero-order chi connectivity index (χ0) is 8.81. The minimum absolute atomic E-state index is 0. The van der Waals surface area contributed by atoms with Crippen LogP contribution in [-0.4, -0.2) is 42.1 Å². The SMILES string of the molecule is C=CCOC(=O)c1ccccc1.[NaH]. The summed E-state index contributed by atoms with van der Waals surface area (Å²) in [6.07, 6.45) is 1.54. The third kappa shape index (κ3) is 4.27. The van der Waals surface area contributed by atoms with Crippen LogP contribution in [0.4, 0.5) is 0 Å². The van der Waals surface area contributed by atoms with Crippen molar-refractivity contribution in [2.45, 2.75) is 0 Å². The molecule has 0 aliphatic carbocycles. The van der Waals surface area contributed by atoms with Gasteiger partial charge < -0.3 is 4.74 Å². The monoisotopic (exact) mass is 186 g/mol. The Balaban J connectivity index is 0.00000144. The minimum atomic E-state index is -0.310. The molecule has 0 saturated heterocycles. The Hall–Kier alpha value is -0.570. The first-order chi connectivity index (χ1) is 5.84. The predicted octanol–water partition coefficient (Wildman–Crippen LogP) is 1.38. The van der Waals surface area contributed by atoms with Crippen LogP contribution < -0.4 is 0 Å². The summed E-state index contributed by atoms with van der Waals surface area (Å²) in [5.41, 5.74) is 0.569. The number of hydrogen-bond acceptors (Lipinski definition) is 2. The average Bonchev–Trinajstić information content (AvgIpc) is 2.15. The van der Waals surface area contributed by atoms with E-state index in [0.29, 0.717) is 5.56 Å². The van der Waals surface area contributed by atoms with Gasteiger partial charge in [-0.05, 0) is 12.1 Å². The molecule has 0 N–H and O–H groups in total. The van der Waals surface area contributed by atoms with Crippen LogP contribution in [0.3, 0.4) is 0 Å². The molecular formula is C10H11NaO2. The van der Waals surface area contributed by atoms with Gasteiger partial charge in [0.25, 0.3) is 0 Å². The second kappa shape index (κ2) is 6.89. The summed E-state index contributed by atoms with van der Waals surface area (Å²) in [6, 6.07) is 8.87. The van der Waals surface area contributed by atoms with Gasteiger partial charge in [-0.3, -0.25) is 0 Å². The van der Waals surface area contributed by atoms with E-state index in [1.165, 1.54) is 0 Å². The normalized spacial score (nSPS) is 8.31. The zero-order valence-electron chi connectivity index (χ0n) is 6.69. The van der Waals surface area contributed by atoms with Gasteiger partial charge in [-0.25, -0.2) is 4.79 Å². The molecule has 0 amide bonds. The van der Waals surface area contributed by atoms with Crippen LogP contribution in [0.1, 0.15) is 10.4 Å². The summed E-state index contributed by atoms with van der Waals surface area (Å²) in [5.74, 6) is -0.310. The molecule has 0 spiro atoms. The topological polar surface area (TPSA) is 26.3 Å². The van der Waals surface area contributed by atoms with Crippen molar-refractivity contribution in [1.82, 2.24) is 0 Å². The number of esters is 1. The molecule has 0 unspecified atom stereocenters. The molecule has 13 heavy (non-hydrogen) atoms. The van der Waals surface area contributed by atoms with Gasteiger partial charge in [0, 0.05) is 0 Å². The number of benzene rings is 1. The van der Waals surface area contributed by atoms with Crippen LogP contribution in [0.2, 0.25) is 0 Å². The van der Waals surface area contributed by atoms with E-state index in [4.69, 9.17) is 4.74 Å². The molecule has 0 radical (unpaired) electrons. The summed E-state index contributed by atoms with van der Waals surface area (Å²) in [7, 11) is 0. The van der Waals surface area contributed by atoms with Crippen molar-refractivity contribution in [3.05, 3.63) is 48.6 Å².